The Morgan fingerprint density at radius 3 is 1.59 bits per heavy atom. The predicted octanol–water partition coefficient (Wildman–Crippen LogP) is 6.36. The number of rotatable bonds is 4. The first-order valence-electron chi connectivity index (χ1n) is 10.0. The van der Waals surface area contributed by atoms with E-state index in [2.05, 4.69) is 137 Å². The molecule has 2 nitrogen and oxygen atoms in total. The topological polar surface area (TPSA) is 6.25 Å². The van der Waals surface area contributed by atoms with Crippen LogP contribution in [0.4, 0.5) is 11.4 Å². The molecule has 2 atom stereocenters. The summed E-state index contributed by atoms with van der Waals surface area (Å²) >= 11 is 0. The lowest BCUT2D eigenvalue weighted by Crippen LogP contribution is -2.26. The number of anilines is 1. The Morgan fingerprint density at radius 1 is 0.517 bits per heavy atom. The van der Waals surface area contributed by atoms with Gasteiger partial charge in [0.05, 0.1) is 0 Å². The van der Waals surface area contributed by atoms with E-state index in [1.54, 1.807) is 0 Å². The molecule has 0 amide bonds. The lowest BCUT2D eigenvalue weighted by molar-refractivity contribution is -0.481. The summed E-state index contributed by atoms with van der Waals surface area (Å²) in [7, 11) is 0. The molecule has 0 radical (unpaired) electrons. The second-order valence-corrected chi connectivity index (χ2v) is 7.31. The number of nitrogens with zero attached hydrogens (tertiary/aromatic N) is 2. The molecule has 2 heteroatoms. The monoisotopic (exact) mass is 375 g/mol. The van der Waals surface area contributed by atoms with E-state index < -0.39 is 0 Å². The third-order valence-corrected chi connectivity index (χ3v) is 5.54. The molecule has 1 heterocycles. The summed E-state index contributed by atoms with van der Waals surface area (Å²) in [6, 6.07) is 43.3. The van der Waals surface area contributed by atoms with Gasteiger partial charge >= 0.3 is 0 Å². The average molecular weight is 375 g/mol. The SMILES string of the molecule is C1=[N+](c2ccccc2)[C@@H](c2ccccc2)[C@H](c2ccccc2)N1c1ccccc1. The molecule has 0 unspecified atom stereocenters. The van der Waals surface area contributed by atoms with Crippen LogP contribution in [0, 0.1) is 0 Å². The predicted molar refractivity (Wildman–Crippen MR) is 120 cm³/mol. The molecule has 0 N–H and O–H groups in total. The van der Waals surface area contributed by atoms with Gasteiger partial charge in [-0.25, -0.2) is 9.48 Å². The average Bonchev–Trinajstić information content (AvgIpc) is 3.22. The minimum Gasteiger partial charge on any atom is -0.222 e. The van der Waals surface area contributed by atoms with Gasteiger partial charge in [-0.2, -0.15) is 0 Å². The summed E-state index contributed by atoms with van der Waals surface area (Å²) in [6.07, 6.45) is 2.26. The Kier molecular flexibility index (Phi) is 4.67. The van der Waals surface area contributed by atoms with Gasteiger partial charge in [-0.05, 0) is 24.3 Å². The Bertz CT molecular complexity index is 1090. The molecule has 4 aromatic rings. The lowest BCUT2D eigenvalue weighted by atomic mass is 9.92. The molecule has 29 heavy (non-hydrogen) atoms. The van der Waals surface area contributed by atoms with Crippen molar-refractivity contribution in [2.75, 3.05) is 4.90 Å². The Balaban J connectivity index is 1.72. The van der Waals surface area contributed by atoms with Gasteiger partial charge < -0.3 is 0 Å². The van der Waals surface area contributed by atoms with Crippen molar-refractivity contribution >= 4 is 17.7 Å². The van der Waals surface area contributed by atoms with Crippen molar-refractivity contribution in [2.45, 2.75) is 12.1 Å². The highest BCUT2D eigenvalue weighted by molar-refractivity contribution is 5.80. The fourth-order valence-electron chi connectivity index (χ4n) is 4.22. The Labute approximate surface area is 172 Å². The third kappa shape index (κ3) is 3.34. The van der Waals surface area contributed by atoms with Crippen molar-refractivity contribution in [3.8, 4) is 0 Å². The van der Waals surface area contributed by atoms with Crippen molar-refractivity contribution in [1.82, 2.24) is 0 Å². The van der Waals surface area contributed by atoms with Crippen LogP contribution in [0.3, 0.4) is 0 Å². The number of benzene rings is 4. The van der Waals surface area contributed by atoms with Crippen LogP contribution in [0.25, 0.3) is 0 Å². The van der Waals surface area contributed by atoms with E-state index in [0.29, 0.717) is 0 Å². The molecule has 0 fully saturated rings. The zero-order valence-electron chi connectivity index (χ0n) is 16.2. The maximum Gasteiger partial charge on any atom is 0.245 e. The van der Waals surface area contributed by atoms with Gasteiger partial charge in [-0.15, -0.1) is 0 Å². The van der Waals surface area contributed by atoms with Crippen LogP contribution in [-0.4, -0.2) is 10.9 Å². The minimum absolute atomic E-state index is 0.168. The van der Waals surface area contributed by atoms with Gasteiger partial charge in [0.2, 0.25) is 6.34 Å². The molecule has 0 spiro atoms. The van der Waals surface area contributed by atoms with E-state index in [-0.39, 0.29) is 12.1 Å². The normalized spacial score (nSPS) is 18.5. The standard InChI is InChI=1S/C27H23N2/c1-5-13-22(14-6-1)26-27(23-15-7-2-8-16-23)29(25-19-11-4-12-20-25)21-28(26)24-17-9-3-10-18-24/h1-21,26-27H/q+1/t26-,27-/m0/s1. The Morgan fingerprint density at radius 2 is 1.00 bits per heavy atom. The third-order valence-electron chi connectivity index (χ3n) is 5.54. The zero-order valence-corrected chi connectivity index (χ0v) is 16.2. The highest BCUT2D eigenvalue weighted by Crippen LogP contribution is 2.44. The summed E-state index contributed by atoms with van der Waals surface area (Å²) in [5.41, 5.74) is 5.00. The van der Waals surface area contributed by atoms with Gasteiger partial charge in [0.25, 0.3) is 0 Å². The minimum atomic E-state index is 0.168. The maximum absolute atomic E-state index is 2.40. The van der Waals surface area contributed by atoms with Crippen molar-refractivity contribution in [1.29, 1.82) is 0 Å². The van der Waals surface area contributed by atoms with E-state index in [4.69, 9.17) is 0 Å². The molecule has 0 aliphatic carbocycles. The largest absolute Gasteiger partial charge is 0.245 e. The molecule has 0 saturated heterocycles. The van der Waals surface area contributed by atoms with Gasteiger partial charge in [0.1, 0.15) is 11.4 Å². The molecule has 0 saturated carbocycles. The molecule has 140 valence electrons. The molecule has 1 aliphatic heterocycles. The van der Waals surface area contributed by atoms with E-state index in [0.717, 1.165) is 0 Å². The molecule has 5 rings (SSSR count). The van der Waals surface area contributed by atoms with Gasteiger partial charge in [0, 0.05) is 11.1 Å². The number of para-hydroxylation sites is 2. The van der Waals surface area contributed by atoms with Crippen LogP contribution in [0.5, 0.6) is 0 Å². The summed E-state index contributed by atoms with van der Waals surface area (Å²) in [6.45, 7) is 0. The molecule has 0 bridgehead atoms. The molecular weight excluding hydrogens is 352 g/mol. The molecule has 1 aliphatic rings. The van der Waals surface area contributed by atoms with Crippen molar-refractivity contribution in [3.63, 3.8) is 0 Å². The second-order valence-electron chi connectivity index (χ2n) is 7.31. The molecular formula is C27H23N2+. The summed E-state index contributed by atoms with van der Waals surface area (Å²) < 4.78 is 2.40. The zero-order chi connectivity index (χ0) is 19.5. The Hall–Kier alpha value is -3.65. The van der Waals surface area contributed by atoms with Gasteiger partial charge in [0.15, 0.2) is 12.1 Å². The van der Waals surface area contributed by atoms with Crippen LogP contribution in [0.15, 0.2) is 121 Å². The van der Waals surface area contributed by atoms with E-state index in [1.807, 2.05) is 0 Å². The van der Waals surface area contributed by atoms with Gasteiger partial charge in [-0.1, -0.05) is 97.1 Å². The van der Waals surface area contributed by atoms with Crippen LogP contribution in [0.1, 0.15) is 23.2 Å². The highest BCUT2D eigenvalue weighted by Gasteiger charge is 2.45. The second kappa shape index (κ2) is 7.76. The van der Waals surface area contributed by atoms with Crippen molar-refractivity contribution in [2.24, 2.45) is 0 Å². The quantitative estimate of drug-likeness (QED) is 0.376. The lowest BCUT2D eigenvalue weighted by Gasteiger charge is -2.24. The fourth-order valence-corrected chi connectivity index (χ4v) is 4.22. The van der Waals surface area contributed by atoms with E-state index >= 15 is 0 Å². The van der Waals surface area contributed by atoms with E-state index in [9.17, 15) is 0 Å². The van der Waals surface area contributed by atoms with Crippen LogP contribution in [-0.2, 0) is 0 Å². The first-order chi connectivity index (χ1) is 14.4. The molecule has 4 aromatic carbocycles. The summed E-state index contributed by atoms with van der Waals surface area (Å²) in [4.78, 5) is 2.40. The van der Waals surface area contributed by atoms with Gasteiger partial charge in [-0.3, -0.25) is 0 Å². The van der Waals surface area contributed by atoms with Crippen LogP contribution in [0.2, 0.25) is 0 Å². The maximum atomic E-state index is 2.40. The van der Waals surface area contributed by atoms with Crippen LogP contribution < -0.4 is 4.90 Å². The van der Waals surface area contributed by atoms with Crippen molar-refractivity contribution < 1.29 is 4.58 Å². The smallest absolute Gasteiger partial charge is 0.222 e. The number of hydrogen-bond acceptors (Lipinski definition) is 1. The highest BCUT2D eigenvalue weighted by atomic mass is 15.3. The summed E-state index contributed by atoms with van der Waals surface area (Å²) in [5.74, 6) is 0. The first kappa shape index (κ1) is 17.4. The van der Waals surface area contributed by atoms with Crippen molar-refractivity contribution in [3.05, 3.63) is 132 Å². The fraction of sp³-hybridized carbons (Fsp3) is 0.0741. The number of hydrogen-bond donors (Lipinski definition) is 0. The van der Waals surface area contributed by atoms with E-state index in [1.165, 1.54) is 22.5 Å². The van der Waals surface area contributed by atoms with Crippen LogP contribution >= 0.6 is 0 Å². The first-order valence-corrected chi connectivity index (χ1v) is 10.0. The summed E-state index contributed by atoms with van der Waals surface area (Å²) in [5, 5.41) is 0. The molecule has 0 aromatic heterocycles.